The van der Waals surface area contributed by atoms with Gasteiger partial charge in [0.1, 0.15) is 6.42 Å². The highest BCUT2D eigenvalue weighted by Crippen LogP contribution is 2.05. The maximum absolute atomic E-state index is 11.2. The maximum atomic E-state index is 11.2. The van der Waals surface area contributed by atoms with Gasteiger partial charge in [-0.3, -0.25) is 9.59 Å². The number of ether oxygens (including phenoxy) is 1. The van der Waals surface area contributed by atoms with Gasteiger partial charge in [0.25, 0.3) is 0 Å². The number of hydrogen-bond acceptors (Lipinski definition) is 3. The third-order valence-electron chi connectivity index (χ3n) is 1.59. The summed E-state index contributed by atoms with van der Waals surface area (Å²) in [6, 6.07) is 8.93. The van der Waals surface area contributed by atoms with Gasteiger partial charge < -0.3 is 10.1 Å². The van der Waals surface area contributed by atoms with Gasteiger partial charge >= 0.3 is 5.97 Å². The zero-order valence-electron chi connectivity index (χ0n) is 7.82. The van der Waals surface area contributed by atoms with Gasteiger partial charge in [0.15, 0.2) is 0 Å². The third-order valence-corrected chi connectivity index (χ3v) is 1.59. The zero-order valence-corrected chi connectivity index (χ0v) is 7.82. The van der Waals surface area contributed by atoms with E-state index in [0.717, 1.165) is 0 Å². The van der Waals surface area contributed by atoms with E-state index in [-0.39, 0.29) is 12.3 Å². The molecule has 0 saturated carbocycles. The van der Waals surface area contributed by atoms with Gasteiger partial charge in [0.2, 0.25) is 5.91 Å². The maximum Gasteiger partial charge on any atom is 0.315 e. The lowest BCUT2D eigenvalue weighted by Gasteiger charge is -2.03. The molecule has 1 rings (SSSR count). The van der Waals surface area contributed by atoms with E-state index in [4.69, 9.17) is 0 Å². The lowest BCUT2D eigenvalue weighted by atomic mass is 10.3. The number of carbonyl (C=O) groups excluding carboxylic acids is 2. The molecule has 74 valence electrons. The summed E-state index contributed by atoms with van der Waals surface area (Å²) in [6.07, 6.45) is -0.259. The average Bonchev–Trinajstić information content (AvgIpc) is 2.19. The van der Waals surface area contributed by atoms with E-state index < -0.39 is 5.97 Å². The van der Waals surface area contributed by atoms with Crippen molar-refractivity contribution < 1.29 is 14.3 Å². The van der Waals surface area contributed by atoms with Gasteiger partial charge in [-0.2, -0.15) is 0 Å². The topological polar surface area (TPSA) is 55.4 Å². The van der Waals surface area contributed by atoms with Crippen molar-refractivity contribution in [1.82, 2.24) is 0 Å². The van der Waals surface area contributed by atoms with Crippen LogP contribution in [0.2, 0.25) is 0 Å². The van der Waals surface area contributed by atoms with Crippen LogP contribution in [0.15, 0.2) is 30.3 Å². The molecule has 1 aromatic carbocycles. The molecular weight excluding hydrogens is 182 g/mol. The molecule has 0 spiro atoms. The van der Waals surface area contributed by atoms with Crippen LogP contribution in [-0.2, 0) is 14.3 Å². The van der Waals surface area contributed by atoms with Crippen molar-refractivity contribution in [2.45, 2.75) is 6.42 Å². The molecule has 0 fully saturated rings. The molecule has 0 aromatic heterocycles. The van der Waals surface area contributed by atoms with Gasteiger partial charge in [-0.15, -0.1) is 0 Å². The normalized spacial score (nSPS) is 9.21. The average molecular weight is 193 g/mol. The summed E-state index contributed by atoms with van der Waals surface area (Å²) in [5, 5.41) is 2.57. The second-order valence-corrected chi connectivity index (χ2v) is 2.67. The predicted molar refractivity (Wildman–Crippen MR) is 51.7 cm³/mol. The first-order valence-corrected chi connectivity index (χ1v) is 4.14. The van der Waals surface area contributed by atoms with Crippen molar-refractivity contribution in [3.05, 3.63) is 30.3 Å². The van der Waals surface area contributed by atoms with Crippen LogP contribution in [0, 0.1) is 0 Å². The van der Waals surface area contributed by atoms with Crippen LogP contribution in [0.3, 0.4) is 0 Å². The Bertz CT molecular complexity index is 321. The molecular formula is C10H11NO3. The molecule has 0 heterocycles. The zero-order chi connectivity index (χ0) is 10.4. The quantitative estimate of drug-likeness (QED) is 0.579. The fraction of sp³-hybridized carbons (Fsp3) is 0.200. The van der Waals surface area contributed by atoms with Crippen molar-refractivity contribution in [2.75, 3.05) is 12.4 Å². The molecule has 0 aliphatic rings. The molecule has 0 saturated heterocycles. The van der Waals surface area contributed by atoms with Crippen LogP contribution in [0.4, 0.5) is 5.69 Å². The number of esters is 1. The summed E-state index contributed by atoms with van der Waals surface area (Å²) in [7, 11) is 1.25. The number of anilines is 1. The first kappa shape index (κ1) is 10.2. The SMILES string of the molecule is COC(=O)CC(=O)Nc1ccccc1. The van der Waals surface area contributed by atoms with E-state index in [1.165, 1.54) is 7.11 Å². The van der Waals surface area contributed by atoms with Crippen LogP contribution >= 0.6 is 0 Å². The molecule has 4 heteroatoms. The van der Waals surface area contributed by atoms with Crippen molar-refractivity contribution in [3.63, 3.8) is 0 Å². The minimum absolute atomic E-state index is 0.259. The Morgan fingerprint density at radius 3 is 2.50 bits per heavy atom. The third kappa shape index (κ3) is 3.26. The smallest absolute Gasteiger partial charge is 0.315 e. The standard InChI is InChI=1S/C10H11NO3/c1-14-10(13)7-9(12)11-8-5-3-2-4-6-8/h2-6H,7H2,1H3,(H,11,12). The van der Waals surface area contributed by atoms with Crippen LogP contribution in [0.25, 0.3) is 0 Å². The Kier molecular flexibility index (Phi) is 3.67. The minimum atomic E-state index is -0.543. The van der Waals surface area contributed by atoms with E-state index in [2.05, 4.69) is 10.1 Å². The van der Waals surface area contributed by atoms with Crippen LogP contribution < -0.4 is 5.32 Å². The lowest BCUT2D eigenvalue weighted by Crippen LogP contribution is -2.17. The first-order valence-electron chi connectivity index (χ1n) is 4.14. The Balaban J connectivity index is 2.46. The van der Waals surface area contributed by atoms with Gasteiger partial charge in [-0.05, 0) is 12.1 Å². The number of para-hydroxylation sites is 1. The summed E-state index contributed by atoms with van der Waals surface area (Å²) in [6.45, 7) is 0. The monoisotopic (exact) mass is 193 g/mol. The molecule has 0 unspecified atom stereocenters. The lowest BCUT2D eigenvalue weighted by molar-refractivity contribution is -0.142. The Morgan fingerprint density at radius 1 is 1.29 bits per heavy atom. The number of benzene rings is 1. The van der Waals surface area contributed by atoms with Gasteiger partial charge in [-0.1, -0.05) is 18.2 Å². The highest BCUT2D eigenvalue weighted by Gasteiger charge is 2.08. The van der Waals surface area contributed by atoms with E-state index >= 15 is 0 Å². The molecule has 0 aliphatic heterocycles. The van der Waals surface area contributed by atoms with E-state index in [1.807, 2.05) is 6.07 Å². The van der Waals surface area contributed by atoms with Crippen LogP contribution in [0.1, 0.15) is 6.42 Å². The summed E-state index contributed by atoms with van der Waals surface area (Å²) >= 11 is 0. The van der Waals surface area contributed by atoms with Gasteiger partial charge in [-0.25, -0.2) is 0 Å². The molecule has 0 atom stereocenters. The van der Waals surface area contributed by atoms with E-state index in [9.17, 15) is 9.59 Å². The number of rotatable bonds is 3. The molecule has 4 nitrogen and oxygen atoms in total. The number of methoxy groups -OCH3 is 1. The van der Waals surface area contributed by atoms with Crippen molar-refractivity contribution in [1.29, 1.82) is 0 Å². The second kappa shape index (κ2) is 5.01. The van der Waals surface area contributed by atoms with E-state index in [1.54, 1.807) is 24.3 Å². The second-order valence-electron chi connectivity index (χ2n) is 2.67. The number of carbonyl (C=O) groups is 2. The first-order chi connectivity index (χ1) is 6.72. The number of nitrogens with one attached hydrogen (secondary N) is 1. The number of hydrogen-bond donors (Lipinski definition) is 1. The molecule has 0 bridgehead atoms. The summed E-state index contributed by atoms with van der Waals surface area (Å²) in [5.74, 6) is -0.915. The van der Waals surface area contributed by atoms with Crippen molar-refractivity contribution >= 4 is 17.6 Å². The summed E-state index contributed by atoms with van der Waals surface area (Å²) in [5.41, 5.74) is 0.668. The molecule has 0 radical (unpaired) electrons. The van der Waals surface area contributed by atoms with Gasteiger partial charge in [0.05, 0.1) is 7.11 Å². The van der Waals surface area contributed by atoms with Crippen molar-refractivity contribution in [2.24, 2.45) is 0 Å². The molecule has 1 N–H and O–H groups in total. The Hall–Kier alpha value is -1.84. The molecule has 0 aliphatic carbocycles. The Morgan fingerprint density at radius 2 is 1.93 bits per heavy atom. The summed E-state index contributed by atoms with van der Waals surface area (Å²) in [4.78, 5) is 21.9. The Labute approximate surface area is 81.9 Å². The minimum Gasteiger partial charge on any atom is -0.469 e. The number of amides is 1. The van der Waals surface area contributed by atoms with Crippen LogP contribution in [0.5, 0.6) is 0 Å². The summed E-state index contributed by atoms with van der Waals surface area (Å²) < 4.78 is 4.36. The fourth-order valence-corrected chi connectivity index (χ4v) is 0.930. The molecule has 1 aromatic rings. The highest BCUT2D eigenvalue weighted by atomic mass is 16.5. The van der Waals surface area contributed by atoms with E-state index in [0.29, 0.717) is 5.69 Å². The van der Waals surface area contributed by atoms with Gasteiger partial charge in [0, 0.05) is 5.69 Å². The fourth-order valence-electron chi connectivity index (χ4n) is 0.930. The molecule has 14 heavy (non-hydrogen) atoms. The van der Waals surface area contributed by atoms with Crippen LogP contribution in [-0.4, -0.2) is 19.0 Å². The van der Waals surface area contributed by atoms with Crippen molar-refractivity contribution in [3.8, 4) is 0 Å². The predicted octanol–water partition coefficient (Wildman–Crippen LogP) is 1.19. The highest BCUT2D eigenvalue weighted by molar-refractivity contribution is 6.01. The molecule has 1 amide bonds. The largest absolute Gasteiger partial charge is 0.469 e.